The Morgan fingerprint density at radius 2 is 0.924 bits per heavy atom. The van der Waals surface area contributed by atoms with Gasteiger partial charge in [0.2, 0.25) is 0 Å². The topological polar surface area (TPSA) is 32.8 Å². The Kier molecular flexibility index (Phi) is 8.88. The number of hydrogen-bond donors (Lipinski definition) is 0. The van der Waals surface area contributed by atoms with Crippen LogP contribution in [0.15, 0.2) is 197 Å². The maximum Gasteiger partial charge on any atom is 0.159 e. The van der Waals surface area contributed by atoms with E-state index in [2.05, 4.69) is 239 Å². The highest BCUT2D eigenvalue weighted by molar-refractivity contribution is 6.88. The average molecular weight is 873 g/mol. The van der Waals surface area contributed by atoms with Crippen molar-refractivity contribution in [1.29, 1.82) is 0 Å². The Labute approximate surface area is 388 Å². The summed E-state index contributed by atoms with van der Waals surface area (Å²) in [6.07, 6.45) is 0. The molecule has 0 saturated heterocycles. The van der Waals surface area contributed by atoms with Crippen molar-refractivity contribution in [1.82, 2.24) is 0 Å². The second kappa shape index (κ2) is 14.6. The number of rotatable bonds is 8. The summed E-state index contributed by atoms with van der Waals surface area (Å²) in [5.41, 5.74) is 17.3. The molecule has 0 saturated carbocycles. The zero-order valence-electron chi connectivity index (χ0n) is 38.6. The smallest absolute Gasteiger partial charge is 0.159 e. The minimum Gasteiger partial charge on any atom is -0.455 e. The normalized spacial score (nSPS) is 14.2. The largest absolute Gasteiger partial charge is 0.455 e. The van der Waals surface area contributed by atoms with Crippen molar-refractivity contribution in [2.75, 3.05) is 9.80 Å². The van der Waals surface area contributed by atoms with Crippen LogP contribution in [-0.4, -0.2) is 8.07 Å². The number of furan rings is 2. The molecule has 0 radical (unpaired) electrons. The summed E-state index contributed by atoms with van der Waals surface area (Å²) in [6.45, 7) is 16.7. The van der Waals surface area contributed by atoms with Crippen LogP contribution in [0.5, 0.6) is 0 Å². The van der Waals surface area contributed by atoms with Gasteiger partial charge in [-0.3, -0.25) is 0 Å². The molecule has 5 heteroatoms. The molecule has 10 aromatic rings. The van der Waals surface area contributed by atoms with Gasteiger partial charge in [-0.15, -0.1) is 0 Å². The molecule has 0 amide bonds. The van der Waals surface area contributed by atoms with Crippen molar-refractivity contribution in [3.63, 3.8) is 0 Å². The van der Waals surface area contributed by atoms with Crippen LogP contribution in [-0.2, 0) is 10.8 Å². The summed E-state index contributed by atoms with van der Waals surface area (Å²) >= 11 is 0. The first-order valence-electron chi connectivity index (χ1n) is 23.2. The van der Waals surface area contributed by atoms with Crippen LogP contribution in [0.25, 0.3) is 55.7 Å². The van der Waals surface area contributed by atoms with Crippen LogP contribution in [0.1, 0.15) is 49.9 Å². The fourth-order valence-electron chi connectivity index (χ4n) is 11.0. The molecule has 2 aliphatic rings. The first kappa shape index (κ1) is 40.2. The fraction of sp³-hybridized carbons (Fsp3) is 0.148. The lowest BCUT2D eigenvalue weighted by molar-refractivity contribution is 0.592. The molecule has 0 spiro atoms. The minimum atomic E-state index is -1.46. The van der Waals surface area contributed by atoms with Gasteiger partial charge in [-0.1, -0.05) is 162 Å². The Bertz CT molecular complexity index is 3520. The van der Waals surface area contributed by atoms with Gasteiger partial charge in [0.05, 0.1) is 19.4 Å². The van der Waals surface area contributed by atoms with Crippen LogP contribution >= 0.6 is 0 Å². The van der Waals surface area contributed by atoms with Crippen molar-refractivity contribution >= 4 is 69.3 Å². The average Bonchev–Trinajstić information content (AvgIpc) is 4.04. The van der Waals surface area contributed by atoms with Gasteiger partial charge in [0.15, 0.2) is 5.58 Å². The molecule has 4 nitrogen and oxygen atoms in total. The second-order valence-electron chi connectivity index (χ2n) is 20.2. The van der Waals surface area contributed by atoms with E-state index in [-0.39, 0.29) is 10.8 Å². The lowest BCUT2D eigenvalue weighted by Gasteiger charge is -2.31. The van der Waals surface area contributed by atoms with E-state index >= 15 is 0 Å². The number of para-hydroxylation sites is 4. The molecule has 0 fully saturated rings. The molecule has 12 rings (SSSR count). The molecule has 2 aromatic heterocycles. The molecule has 0 aliphatic heterocycles. The third-order valence-corrected chi connectivity index (χ3v) is 16.4. The van der Waals surface area contributed by atoms with Gasteiger partial charge in [0, 0.05) is 72.2 Å². The van der Waals surface area contributed by atoms with Gasteiger partial charge in [-0.05, 0) is 95.6 Å². The second-order valence-corrected chi connectivity index (χ2v) is 25.2. The predicted molar refractivity (Wildman–Crippen MR) is 279 cm³/mol. The van der Waals surface area contributed by atoms with E-state index in [1.807, 2.05) is 6.07 Å². The first-order valence-corrected chi connectivity index (χ1v) is 26.7. The van der Waals surface area contributed by atoms with Crippen molar-refractivity contribution < 1.29 is 8.83 Å². The number of hydrogen-bond acceptors (Lipinski definition) is 4. The lowest BCUT2D eigenvalue weighted by Crippen LogP contribution is -2.37. The third kappa shape index (κ3) is 6.03. The molecular weight excluding hydrogens is 821 g/mol. The van der Waals surface area contributed by atoms with Crippen molar-refractivity contribution in [3.8, 4) is 33.8 Å². The molecule has 0 N–H and O–H groups in total. The summed E-state index contributed by atoms with van der Waals surface area (Å²) < 4.78 is 14.0. The van der Waals surface area contributed by atoms with Crippen LogP contribution in [0, 0.1) is 0 Å². The van der Waals surface area contributed by atoms with Gasteiger partial charge < -0.3 is 18.6 Å². The molecule has 0 bridgehead atoms. The summed E-state index contributed by atoms with van der Waals surface area (Å²) in [7, 11) is -1.46. The molecule has 0 atom stereocenters. The van der Waals surface area contributed by atoms with Gasteiger partial charge in [0.25, 0.3) is 0 Å². The maximum atomic E-state index is 7.21. The predicted octanol–water partition coefficient (Wildman–Crippen LogP) is 16.9. The highest BCUT2D eigenvalue weighted by Crippen LogP contribution is 2.62. The van der Waals surface area contributed by atoms with Crippen molar-refractivity contribution in [3.05, 3.63) is 210 Å². The molecule has 8 aromatic carbocycles. The first-order chi connectivity index (χ1) is 31.9. The van der Waals surface area contributed by atoms with E-state index in [4.69, 9.17) is 8.83 Å². The highest BCUT2D eigenvalue weighted by Gasteiger charge is 2.50. The SMILES string of the molecule is CC1(C)c2cc(N(c3ccccc3)c3ccc([Si](C)(C)C)cc3)ccc2-c2oc3c(c21)C(C)(C)c1cc(N(c2ccccc2-c2ccccc2)c2cccc4c2oc2ccccc24)ccc1-3. The molecule has 66 heavy (non-hydrogen) atoms. The summed E-state index contributed by atoms with van der Waals surface area (Å²) in [5.74, 6) is 1.98. The van der Waals surface area contributed by atoms with E-state index in [0.717, 1.165) is 84.3 Å². The van der Waals surface area contributed by atoms with E-state index < -0.39 is 8.07 Å². The van der Waals surface area contributed by atoms with Gasteiger partial charge >= 0.3 is 0 Å². The van der Waals surface area contributed by atoms with Crippen LogP contribution in [0.3, 0.4) is 0 Å². The van der Waals surface area contributed by atoms with Crippen molar-refractivity contribution in [2.45, 2.75) is 58.2 Å². The van der Waals surface area contributed by atoms with Gasteiger partial charge in [-0.25, -0.2) is 0 Å². The zero-order valence-corrected chi connectivity index (χ0v) is 39.6. The maximum absolute atomic E-state index is 7.21. The molecular formula is C61H52N2O2Si. The standard InChI is InChI=1S/C61H52N2O2Si/c1-60(2)50-37-42(62(40-21-12-9-13-22-40)41-29-33-44(34-30-41)66(5,6)7)31-35-48(50)58-55(60)56-59(65-58)49-36-32-43(38-51(49)61(56,3)4)63(52-26-16-14-23-45(52)39-19-10-8-11-20-39)53-27-18-25-47-46-24-15-17-28-54(46)64-57(47)53/h8-38H,1-7H3. The fourth-order valence-corrected chi connectivity index (χ4v) is 12.2. The number of nitrogens with zero attached hydrogens (tertiary/aromatic N) is 2. The Hall–Kier alpha value is -7.34. The number of benzene rings is 8. The van der Waals surface area contributed by atoms with Crippen molar-refractivity contribution in [2.24, 2.45) is 0 Å². The molecule has 0 unspecified atom stereocenters. The Morgan fingerprint density at radius 1 is 0.409 bits per heavy atom. The minimum absolute atomic E-state index is 0.318. The van der Waals surface area contributed by atoms with E-state index in [1.165, 1.54) is 33.0 Å². The van der Waals surface area contributed by atoms with Gasteiger partial charge in [-0.2, -0.15) is 0 Å². The van der Waals surface area contributed by atoms with Gasteiger partial charge in [0.1, 0.15) is 17.1 Å². The van der Waals surface area contributed by atoms with Crippen LogP contribution in [0.4, 0.5) is 34.1 Å². The highest BCUT2D eigenvalue weighted by atomic mass is 28.3. The third-order valence-electron chi connectivity index (χ3n) is 14.4. The Balaban J connectivity index is 0.984. The quantitative estimate of drug-likeness (QED) is 0.142. The zero-order chi connectivity index (χ0) is 45.1. The summed E-state index contributed by atoms with van der Waals surface area (Å²) in [4.78, 5) is 4.79. The molecule has 2 heterocycles. The molecule has 322 valence electrons. The van der Waals surface area contributed by atoms with E-state index in [1.54, 1.807) is 0 Å². The summed E-state index contributed by atoms with van der Waals surface area (Å²) in [5, 5.41) is 3.66. The number of anilines is 6. The van der Waals surface area contributed by atoms with E-state index in [0.29, 0.717) is 0 Å². The lowest BCUT2D eigenvalue weighted by atomic mass is 9.74. The summed E-state index contributed by atoms with van der Waals surface area (Å²) in [6, 6.07) is 68.2. The van der Waals surface area contributed by atoms with Crippen LogP contribution in [0.2, 0.25) is 19.6 Å². The van der Waals surface area contributed by atoms with E-state index in [9.17, 15) is 0 Å². The van der Waals surface area contributed by atoms with Crippen LogP contribution < -0.4 is 15.0 Å². The molecule has 2 aliphatic carbocycles. The Morgan fingerprint density at radius 3 is 1.58 bits per heavy atom. The number of fused-ring (bicyclic) bond motifs is 10. The monoisotopic (exact) mass is 872 g/mol.